The number of amides is 3. The number of aliphatic hydroxyl groups is 1. The van der Waals surface area contributed by atoms with Gasteiger partial charge in [0.2, 0.25) is 11.8 Å². The van der Waals surface area contributed by atoms with E-state index >= 15 is 0 Å². The average molecular weight is 523 g/mol. The van der Waals surface area contributed by atoms with Crippen molar-refractivity contribution in [1.82, 2.24) is 21.3 Å². The SMILES string of the molecule is Cc1ccc(CNCC(NC(=O)CNC(=O)c2cccc(C(F)(F)F)c2)C(=O)NC(C)C(C)O)c(C)c1. The molecule has 11 heteroatoms. The summed E-state index contributed by atoms with van der Waals surface area (Å²) < 4.78 is 38.7. The van der Waals surface area contributed by atoms with Crippen LogP contribution >= 0.6 is 0 Å². The lowest BCUT2D eigenvalue weighted by atomic mass is 10.1. The molecule has 0 heterocycles. The van der Waals surface area contributed by atoms with Crippen LogP contribution < -0.4 is 21.3 Å². The lowest BCUT2D eigenvalue weighted by molar-refractivity contribution is -0.137. The molecule has 2 aromatic rings. The van der Waals surface area contributed by atoms with Gasteiger partial charge < -0.3 is 26.4 Å². The molecular weight excluding hydrogens is 489 g/mol. The monoisotopic (exact) mass is 522 g/mol. The first kappa shape index (κ1) is 29.8. The van der Waals surface area contributed by atoms with Crippen LogP contribution in [0.5, 0.6) is 0 Å². The Morgan fingerprint density at radius 3 is 2.32 bits per heavy atom. The molecule has 0 saturated carbocycles. The largest absolute Gasteiger partial charge is 0.416 e. The highest BCUT2D eigenvalue weighted by Crippen LogP contribution is 2.29. The number of aliphatic hydroxyl groups excluding tert-OH is 1. The van der Waals surface area contributed by atoms with E-state index in [4.69, 9.17) is 0 Å². The average Bonchev–Trinajstić information content (AvgIpc) is 2.82. The van der Waals surface area contributed by atoms with Crippen LogP contribution in [-0.4, -0.2) is 54.1 Å². The first-order valence-corrected chi connectivity index (χ1v) is 11.8. The van der Waals surface area contributed by atoms with Crippen LogP contribution in [0, 0.1) is 13.8 Å². The molecule has 0 bridgehead atoms. The number of halogens is 3. The topological polar surface area (TPSA) is 120 Å². The second-order valence-electron chi connectivity index (χ2n) is 8.98. The van der Waals surface area contributed by atoms with E-state index in [9.17, 15) is 32.7 Å². The zero-order valence-corrected chi connectivity index (χ0v) is 21.2. The Morgan fingerprint density at radius 2 is 1.70 bits per heavy atom. The molecule has 0 radical (unpaired) electrons. The summed E-state index contributed by atoms with van der Waals surface area (Å²) in [4.78, 5) is 37.5. The van der Waals surface area contributed by atoms with Crippen LogP contribution in [0.3, 0.4) is 0 Å². The molecule has 0 aliphatic carbocycles. The summed E-state index contributed by atoms with van der Waals surface area (Å²) in [6, 6.07) is 8.18. The molecule has 37 heavy (non-hydrogen) atoms. The molecule has 3 unspecified atom stereocenters. The first-order chi connectivity index (χ1) is 17.3. The number of aryl methyl sites for hydroxylation is 2. The van der Waals surface area contributed by atoms with Gasteiger partial charge in [-0.3, -0.25) is 14.4 Å². The van der Waals surface area contributed by atoms with Crippen LogP contribution in [0.1, 0.15) is 46.5 Å². The van der Waals surface area contributed by atoms with Crippen molar-refractivity contribution in [2.45, 2.75) is 58.6 Å². The van der Waals surface area contributed by atoms with E-state index in [-0.39, 0.29) is 12.1 Å². The summed E-state index contributed by atoms with van der Waals surface area (Å²) in [5, 5.41) is 20.2. The van der Waals surface area contributed by atoms with E-state index in [2.05, 4.69) is 21.3 Å². The lowest BCUT2D eigenvalue weighted by Crippen LogP contribution is -2.56. The van der Waals surface area contributed by atoms with Crippen LogP contribution in [0.15, 0.2) is 42.5 Å². The van der Waals surface area contributed by atoms with Crippen molar-refractivity contribution in [3.05, 3.63) is 70.3 Å². The molecule has 0 aromatic heterocycles. The van der Waals surface area contributed by atoms with E-state index in [0.717, 1.165) is 28.8 Å². The van der Waals surface area contributed by atoms with Gasteiger partial charge in [-0.2, -0.15) is 13.2 Å². The second kappa shape index (κ2) is 13.2. The molecule has 202 valence electrons. The first-order valence-electron chi connectivity index (χ1n) is 11.8. The van der Waals surface area contributed by atoms with Gasteiger partial charge in [0.15, 0.2) is 0 Å². The molecular formula is C26H33F3N4O4. The molecule has 0 saturated heterocycles. The molecule has 3 atom stereocenters. The molecule has 0 fully saturated rings. The van der Waals surface area contributed by atoms with Crippen molar-refractivity contribution in [2.24, 2.45) is 0 Å². The quantitative estimate of drug-likeness (QED) is 0.310. The van der Waals surface area contributed by atoms with Gasteiger partial charge in [0.1, 0.15) is 6.04 Å². The lowest BCUT2D eigenvalue weighted by Gasteiger charge is -2.23. The molecule has 0 spiro atoms. The fourth-order valence-electron chi connectivity index (χ4n) is 3.39. The minimum Gasteiger partial charge on any atom is -0.391 e. The highest BCUT2D eigenvalue weighted by atomic mass is 19.4. The number of hydrogen-bond donors (Lipinski definition) is 5. The van der Waals surface area contributed by atoms with E-state index in [0.29, 0.717) is 12.6 Å². The Labute approximate surface area is 214 Å². The van der Waals surface area contributed by atoms with E-state index in [1.807, 2.05) is 32.0 Å². The molecule has 2 rings (SSSR count). The van der Waals surface area contributed by atoms with Crippen LogP contribution in [0.2, 0.25) is 0 Å². The Morgan fingerprint density at radius 1 is 1.00 bits per heavy atom. The zero-order valence-electron chi connectivity index (χ0n) is 21.2. The Balaban J connectivity index is 2.01. The number of hydrogen-bond acceptors (Lipinski definition) is 5. The standard InChI is InChI=1S/C26H33F3N4O4/c1-15-8-9-20(16(2)10-15)12-30-13-22(25(37)32-17(3)18(4)34)33-23(35)14-31-24(36)19-6-5-7-21(11-19)26(27,28)29/h5-11,17-18,22,30,34H,12-14H2,1-4H3,(H,31,36)(H,32,37)(H,33,35). The number of carbonyl (C=O) groups excluding carboxylic acids is 3. The summed E-state index contributed by atoms with van der Waals surface area (Å²) in [5.41, 5.74) is 1.96. The van der Waals surface area contributed by atoms with E-state index in [1.54, 1.807) is 6.92 Å². The number of carbonyl (C=O) groups is 3. The van der Waals surface area contributed by atoms with Crippen molar-refractivity contribution in [3.8, 4) is 0 Å². The second-order valence-corrected chi connectivity index (χ2v) is 8.98. The number of alkyl halides is 3. The fourth-order valence-corrected chi connectivity index (χ4v) is 3.39. The van der Waals surface area contributed by atoms with Crippen LogP contribution in [-0.2, 0) is 22.3 Å². The third kappa shape index (κ3) is 9.51. The molecule has 0 aliphatic rings. The maximum Gasteiger partial charge on any atom is 0.416 e. The molecule has 0 aliphatic heterocycles. The third-order valence-corrected chi connectivity index (χ3v) is 5.77. The highest BCUT2D eigenvalue weighted by molar-refractivity contribution is 5.97. The minimum absolute atomic E-state index is 0.0546. The van der Waals surface area contributed by atoms with Crippen molar-refractivity contribution in [3.63, 3.8) is 0 Å². The maximum absolute atomic E-state index is 12.9. The third-order valence-electron chi connectivity index (χ3n) is 5.77. The van der Waals surface area contributed by atoms with Gasteiger partial charge in [0, 0.05) is 18.7 Å². The summed E-state index contributed by atoms with van der Waals surface area (Å²) in [6.07, 6.45) is -5.43. The predicted octanol–water partition coefficient (Wildman–Crippen LogP) is 2.21. The van der Waals surface area contributed by atoms with Gasteiger partial charge in [-0.25, -0.2) is 0 Å². The summed E-state index contributed by atoms with van der Waals surface area (Å²) in [6.45, 7) is 7.01. The number of benzene rings is 2. The van der Waals surface area contributed by atoms with Gasteiger partial charge in [-0.1, -0.05) is 29.8 Å². The van der Waals surface area contributed by atoms with E-state index in [1.165, 1.54) is 13.0 Å². The summed E-state index contributed by atoms with van der Waals surface area (Å²) in [5.74, 6) is -2.12. The Kier molecular flexibility index (Phi) is 10.6. The normalized spacial score (nSPS) is 13.8. The van der Waals surface area contributed by atoms with Crippen molar-refractivity contribution in [2.75, 3.05) is 13.1 Å². The highest BCUT2D eigenvalue weighted by Gasteiger charge is 2.31. The molecule has 3 amide bonds. The van der Waals surface area contributed by atoms with Crippen LogP contribution in [0.25, 0.3) is 0 Å². The van der Waals surface area contributed by atoms with Crippen molar-refractivity contribution in [1.29, 1.82) is 0 Å². The fraction of sp³-hybridized carbons (Fsp3) is 0.423. The maximum atomic E-state index is 12.9. The Hall–Kier alpha value is -3.44. The smallest absolute Gasteiger partial charge is 0.391 e. The van der Waals surface area contributed by atoms with Gasteiger partial charge in [-0.15, -0.1) is 0 Å². The van der Waals surface area contributed by atoms with Gasteiger partial charge in [0.05, 0.1) is 24.3 Å². The van der Waals surface area contributed by atoms with Crippen molar-refractivity contribution >= 4 is 17.7 Å². The molecule has 2 aromatic carbocycles. The Bertz CT molecular complexity index is 1110. The van der Waals surface area contributed by atoms with Gasteiger partial charge in [0.25, 0.3) is 5.91 Å². The molecule has 8 nitrogen and oxygen atoms in total. The van der Waals surface area contributed by atoms with Gasteiger partial charge in [-0.05, 0) is 57.0 Å². The van der Waals surface area contributed by atoms with E-state index < -0.39 is 54.2 Å². The predicted molar refractivity (Wildman–Crippen MR) is 133 cm³/mol. The summed E-state index contributed by atoms with van der Waals surface area (Å²) >= 11 is 0. The van der Waals surface area contributed by atoms with Crippen molar-refractivity contribution < 1.29 is 32.7 Å². The van der Waals surface area contributed by atoms with Gasteiger partial charge >= 0.3 is 6.18 Å². The summed E-state index contributed by atoms with van der Waals surface area (Å²) in [7, 11) is 0. The minimum atomic E-state index is -4.61. The zero-order chi connectivity index (χ0) is 27.8. The number of nitrogens with one attached hydrogen (secondary N) is 4. The van der Waals surface area contributed by atoms with Crippen LogP contribution in [0.4, 0.5) is 13.2 Å². The molecule has 5 N–H and O–H groups in total. The number of rotatable bonds is 11.